The van der Waals surface area contributed by atoms with Crippen molar-refractivity contribution in [3.63, 3.8) is 0 Å². The van der Waals surface area contributed by atoms with E-state index in [0.717, 1.165) is 15.7 Å². The second-order valence-electron chi connectivity index (χ2n) is 2.95. The maximum Gasteiger partial charge on any atom is 0.156 e. The number of ketones is 1. The number of Topliss-reactive ketones (excluding diaryl/α,β-unsaturated/α-hetero) is 1. The van der Waals surface area contributed by atoms with Crippen LogP contribution in [0.25, 0.3) is 0 Å². The fourth-order valence-corrected chi connectivity index (χ4v) is 2.12. The van der Waals surface area contributed by atoms with Gasteiger partial charge in [0.25, 0.3) is 0 Å². The summed E-state index contributed by atoms with van der Waals surface area (Å²) in [4.78, 5) is 11.2. The normalized spacial score (nSPS) is 15.1. The minimum Gasteiger partial charge on any atom is -0.376 e. The monoisotopic (exact) mass is 259 g/mol. The molecule has 1 heterocycles. The van der Waals surface area contributed by atoms with Gasteiger partial charge in [-0.25, -0.2) is 0 Å². The van der Waals surface area contributed by atoms with Crippen molar-refractivity contribution in [1.82, 2.24) is 0 Å². The predicted octanol–water partition coefficient (Wildman–Crippen LogP) is 2.64. The van der Waals surface area contributed by atoms with Crippen LogP contribution in [0, 0.1) is 0 Å². The van der Waals surface area contributed by atoms with Crippen molar-refractivity contribution in [2.24, 2.45) is 0 Å². The Morgan fingerprint density at radius 3 is 3.00 bits per heavy atom. The minimum atomic E-state index is 0.190. The molecule has 0 aliphatic carbocycles. The van der Waals surface area contributed by atoms with Crippen LogP contribution in [0.3, 0.4) is 0 Å². The first-order valence-electron chi connectivity index (χ1n) is 3.91. The number of benzene rings is 1. The molecular formula is C9H7BrClNO. The molecule has 0 spiro atoms. The van der Waals surface area contributed by atoms with Gasteiger partial charge in [-0.3, -0.25) is 4.79 Å². The molecule has 0 amide bonds. The number of halogens is 2. The lowest BCUT2D eigenvalue weighted by molar-refractivity contribution is -0.117. The van der Waals surface area contributed by atoms with E-state index in [2.05, 4.69) is 21.2 Å². The van der Waals surface area contributed by atoms with E-state index < -0.39 is 0 Å². The summed E-state index contributed by atoms with van der Waals surface area (Å²) < 4.78 is 0.937. The predicted molar refractivity (Wildman–Crippen MR) is 56.4 cm³/mol. The molecule has 0 unspecified atom stereocenters. The molecule has 1 N–H and O–H groups in total. The lowest BCUT2D eigenvalue weighted by Crippen LogP contribution is -2.23. The van der Waals surface area contributed by atoms with Crippen LogP contribution in [0.5, 0.6) is 0 Å². The molecule has 0 fully saturated rings. The number of hydrogen-bond donors (Lipinski definition) is 1. The van der Waals surface area contributed by atoms with Crippen LogP contribution in [0.1, 0.15) is 5.56 Å². The zero-order chi connectivity index (χ0) is 9.42. The molecule has 68 valence electrons. The Kier molecular flexibility index (Phi) is 2.30. The standard InChI is InChI=1S/C9H7BrClNO/c10-7-1-2-8(11)9-6(7)3-5(13)4-12-9/h1-2,12H,3-4H2. The van der Waals surface area contributed by atoms with Gasteiger partial charge in [0.15, 0.2) is 5.78 Å². The Morgan fingerprint density at radius 2 is 2.23 bits per heavy atom. The van der Waals surface area contributed by atoms with Gasteiger partial charge in [-0.1, -0.05) is 27.5 Å². The summed E-state index contributed by atoms with van der Waals surface area (Å²) >= 11 is 9.36. The number of nitrogens with one attached hydrogen (secondary N) is 1. The van der Waals surface area contributed by atoms with Crippen molar-refractivity contribution >= 4 is 39.0 Å². The third-order valence-electron chi connectivity index (χ3n) is 2.04. The first-order chi connectivity index (χ1) is 6.18. The average Bonchev–Trinajstić information content (AvgIpc) is 2.12. The Hall–Kier alpha value is -0.540. The second-order valence-corrected chi connectivity index (χ2v) is 4.21. The molecule has 1 aliphatic heterocycles. The Morgan fingerprint density at radius 1 is 1.46 bits per heavy atom. The number of anilines is 1. The van der Waals surface area contributed by atoms with Gasteiger partial charge in [-0.2, -0.15) is 0 Å². The van der Waals surface area contributed by atoms with Gasteiger partial charge in [0.1, 0.15) is 0 Å². The SMILES string of the molecule is O=C1CNc2c(Cl)ccc(Br)c2C1. The first-order valence-corrected chi connectivity index (χ1v) is 5.08. The molecule has 0 radical (unpaired) electrons. The van der Waals surface area contributed by atoms with Crippen molar-refractivity contribution in [2.75, 3.05) is 11.9 Å². The highest BCUT2D eigenvalue weighted by atomic mass is 79.9. The molecule has 2 nitrogen and oxygen atoms in total. The van der Waals surface area contributed by atoms with E-state index in [1.165, 1.54) is 0 Å². The highest BCUT2D eigenvalue weighted by Gasteiger charge is 2.19. The zero-order valence-corrected chi connectivity index (χ0v) is 9.08. The Labute approximate surface area is 89.4 Å². The van der Waals surface area contributed by atoms with E-state index in [-0.39, 0.29) is 5.78 Å². The third kappa shape index (κ3) is 1.58. The van der Waals surface area contributed by atoms with Crippen molar-refractivity contribution in [3.8, 4) is 0 Å². The highest BCUT2D eigenvalue weighted by molar-refractivity contribution is 9.10. The summed E-state index contributed by atoms with van der Waals surface area (Å²) in [6, 6.07) is 3.68. The van der Waals surface area contributed by atoms with Crippen LogP contribution in [0.4, 0.5) is 5.69 Å². The lowest BCUT2D eigenvalue weighted by atomic mass is 10.0. The molecule has 0 atom stereocenters. The molecule has 0 bridgehead atoms. The fraction of sp³-hybridized carbons (Fsp3) is 0.222. The lowest BCUT2D eigenvalue weighted by Gasteiger charge is -2.19. The maximum absolute atomic E-state index is 11.2. The van der Waals surface area contributed by atoms with E-state index in [1.54, 1.807) is 0 Å². The number of carbonyl (C=O) groups excluding carboxylic acids is 1. The highest BCUT2D eigenvalue weighted by Crippen LogP contribution is 2.34. The van der Waals surface area contributed by atoms with Gasteiger partial charge >= 0.3 is 0 Å². The molecule has 0 aromatic heterocycles. The quantitative estimate of drug-likeness (QED) is 0.777. The maximum atomic E-state index is 11.2. The average molecular weight is 261 g/mol. The largest absolute Gasteiger partial charge is 0.376 e. The molecule has 2 rings (SSSR count). The molecule has 13 heavy (non-hydrogen) atoms. The van der Waals surface area contributed by atoms with Crippen molar-refractivity contribution < 1.29 is 4.79 Å². The Balaban J connectivity index is 2.57. The summed E-state index contributed by atoms with van der Waals surface area (Å²) in [6.07, 6.45) is 0.462. The number of hydrogen-bond acceptors (Lipinski definition) is 2. The van der Waals surface area contributed by atoms with Crippen LogP contribution in [0.15, 0.2) is 16.6 Å². The summed E-state index contributed by atoms with van der Waals surface area (Å²) in [7, 11) is 0. The van der Waals surface area contributed by atoms with Crippen molar-refractivity contribution in [1.29, 1.82) is 0 Å². The van der Waals surface area contributed by atoms with E-state index in [4.69, 9.17) is 11.6 Å². The fourth-order valence-electron chi connectivity index (χ4n) is 1.40. The van der Waals surface area contributed by atoms with Gasteiger partial charge in [-0.05, 0) is 17.7 Å². The zero-order valence-electron chi connectivity index (χ0n) is 6.73. The Bertz CT molecular complexity index is 378. The van der Waals surface area contributed by atoms with Crippen LogP contribution in [-0.2, 0) is 11.2 Å². The second kappa shape index (κ2) is 3.31. The molecule has 4 heteroatoms. The van der Waals surface area contributed by atoms with Crippen LogP contribution < -0.4 is 5.32 Å². The topological polar surface area (TPSA) is 29.1 Å². The number of carbonyl (C=O) groups is 1. The summed E-state index contributed by atoms with van der Waals surface area (Å²) in [6.45, 7) is 0.378. The van der Waals surface area contributed by atoms with Gasteiger partial charge in [0, 0.05) is 10.9 Å². The summed E-state index contributed by atoms with van der Waals surface area (Å²) in [5.41, 5.74) is 1.85. The minimum absolute atomic E-state index is 0.190. The smallest absolute Gasteiger partial charge is 0.156 e. The summed E-state index contributed by atoms with van der Waals surface area (Å²) in [5, 5.41) is 3.68. The van der Waals surface area contributed by atoms with Crippen LogP contribution in [-0.4, -0.2) is 12.3 Å². The number of fused-ring (bicyclic) bond motifs is 1. The van der Waals surface area contributed by atoms with Gasteiger partial charge in [0.05, 0.1) is 17.3 Å². The van der Waals surface area contributed by atoms with Crippen LogP contribution >= 0.6 is 27.5 Å². The van der Waals surface area contributed by atoms with Crippen molar-refractivity contribution in [2.45, 2.75) is 6.42 Å². The number of rotatable bonds is 0. The van der Waals surface area contributed by atoms with Gasteiger partial charge < -0.3 is 5.32 Å². The van der Waals surface area contributed by atoms with E-state index in [0.29, 0.717) is 18.0 Å². The van der Waals surface area contributed by atoms with E-state index in [1.807, 2.05) is 12.1 Å². The van der Waals surface area contributed by atoms with Gasteiger partial charge in [-0.15, -0.1) is 0 Å². The molecule has 1 aromatic carbocycles. The van der Waals surface area contributed by atoms with Crippen LogP contribution in [0.2, 0.25) is 5.02 Å². The van der Waals surface area contributed by atoms with Gasteiger partial charge in [0.2, 0.25) is 0 Å². The van der Waals surface area contributed by atoms with E-state index in [9.17, 15) is 4.79 Å². The molecule has 0 saturated heterocycles. The molecular weight excluding hydrogens is 253 g/mol. The van der Waals surface area contributed by atoms with E-state index >= 15 is 0 Å². The summed E-state index contributed by atoms with van der Waals surface area (Å²) in [5.74, 6) is 0.190. The molecule has 1 aliphatic rings. The van der Waals surface area contributed by atoms with Crippen molar-refractivity contribution in [3.05, 3.63) is 27.2 Å². The third-order valence-corrected chi connectivity index (χ3v) is 3.10. The first kappa shape index (κ1) is 9.03. The molecule has 1 aromatic rings. The molecule has 0 saturated carbocycles.